The summed E-state index contributed by atoms with van der Waals surface area (Å²) in [6.45, 7) is 3.77. The molecule has 0 bridgehead atoms. The molecule has 0 amide bonds. The Bertz CT molecular complexity index is 243. The number of nitrogens with one attached hydrogen (secondary N) is 1. The molecule has 0 atom stereocenters. The van der Waals surface area contributed by atoms with Crippen LogP contribution in [-0.4, -0.2) is 18.9 Å². The summed E-state index contributed by atoms with van der Waals surface area (Å²) in [7, 11) is 0. The van der Waals surface area contributed by atoms with Crippen molar-refractivity contribution in [3.05, 3.63) is 11.6 Å². The Kier molecular flexibility index (Phi) is 2.24. The molecular weight excluding hydrogens is 162 g/mol. The number of hydrogen-bond donors (Lipinski definition) is 1. The maximum Gasteiger partial charge on any atom is 0.164 e. The van der Waals surface area contributed by atoms with Crippen LogP contribution in [0.3, 0.4) is 0 Å². The van der Waals surface area contributed by atoms with Crippen molar-refractivity contribution in [3.8, 4) is 0 Å². The van der Waals surface area contributed by atoms with Gasteiger partial charge in [-0.2, -0.15) is 0 Å². The van der Waals surface area contributed by atoms with Crippen LogP contribution >= 0.6 is 0 Å². The van der Waals surface area contributed by atoms with Gasteiger partial charge in [-0.05, 0) is 38.7 Å². The summed E-state index contributed by atoms with van der Waals surface area (Å²) in [5.74, 6) is 0.336. The second-order valence-corrected chi connectivity index (χ2v) is 4.54. The minimum Gasteiger partial charge on any atom is -0.315 e. The summed E-state index contributed by atoms with van der Waals surface area (Å²) in [5.41, 5.74) is 1.29. The largest absolute Gasteiger partial charge is 0.315 e. The quantitative estimate of drug-likeness (QED) is 0.653. The van der Waals surface area contributed by atoms with Gasteiger partial charge in [0.2, 0.25) is 0 Å². The number of allylic oxidation sites excluding steroid dienone is 2. The third kappa shape index (κ3) is 1.68. The lowest BCUT2D eigenvalue weighted by atomic mass is 9.79. The molecule has 2 nitrogen and oxygen atoms in total. The molecule has 2 rings (SSSR count). The molecule has 0 aromatic carbocycles. The van der Waals surface area contributed by atoms with E-state index in [1.165, 1.54) is 18.4 Å². The van der Waals surface area contributed by atoms with Gasteiger partial charge < -0.3 is 5.32 Å². The SMILES string of the molecule is CC1(C(=O)C=C2CCCC2)CNC1. The van der Waals surface area contributed by atoms with Crippen LogP contribution in [0.1, 0.15) is 32.6 Å². The molecule has 1 saturated heterocycles. The minimum absolute atomic E-state index is 0.0877. The highest BCUT2D eigenvalue weighted by molar-refractivity contribution is 5.96. The molecule has 1 aliphatic heterocycles. The van der Waals surface area contributed by atoms with Crippen molar-refractivity contribution in [1.29, 1.82) is 0 Å². The zero-order valence-corrected chi connectivity index (χ0v) is 8.23. The van der Waals surface area contributed by atoms with Gasteiger partial charge in [0, 0.05) is 13.1 Å². The van der Waals surface area contributed by atoms with Gasteiger partial charge in [0.15, 0.2) is 5.78 Å². The third-order valence-electron chi connectivity index (χ3n) is 3.21. The normalized spacial score (nSPS) is 25.5. The van der Waals surface area contributed by atoms with Crippen molar-refractivity contribution in [2.24, 2.45) is 5.41 Å². The minimum atomic E-state index is -0.0877. The van der Waals surface area contributed by atoms with E-state index in [1.807, 2.05) is 6.08 Å². The summed E-state index contributed by atoms with van der Waals surface area (Å²) in [6, 6.07) is 0. The lowest BCUT2D eigenvalue weighted by Crippen LogP contribution is -2.55. The molecule has 72 valence electrons. The van der Waals surface area contributed by atoms with Crippen molar-refractivity contribution >= 4 is 5.78 Å². The van der Waals surface area contributed by atoms with Gasteiger partial charge >= 0.3 is 0 Å². The number of carbonyl (C=O) groups is 1. The molecule has 0 spiro atoms. The number of hydrogen-bond acceptors (Lipinski definition) is 2. The maximum absolute atomic E-state index is 11.8. The highest BCUT2D eigenvalue weighted by atomic mass is 16.1. The van der Waals surface area contributed by atoms with E-state index in [4.69, 9.17) is 0 Å². The monoisotopic (exact) mass is 179 g/mol. The van der Waals surface area contributed by atoms with Crippen molar-refractivity contribution in [1.82, 2.24) is 5.32 Å². The van der Waals surface area contributed by atoms with Crippen LogP contribution in [0, 0.1) is 5.41 Å². The molecule has 2 fully saturated rings. The van der Waals surface area contributed by atoms with E-state index in [-0.39, 0.29) is 5.41 Å². The lowest BCUT2D eigenvalue weighted by molar-refractivity contribution is -0.125. The van der Waals surface area contributed by atoms with E-state index in [0.29, 0.717) is 5.78 Å². The highest BCUT2D eigenvalue weighted by Crippen LogP contribution is 2.28. The Morgan fingerprint density at radius 1 is 1.38 bits per heavy atom. The van der Waals surface area contributed by atoms with Crippen LogP contribution in [0.2, 0.25) is 0 Å². The van der Waals surface area contributed by atoms with E-state index in [1.54, 1.807) is 0 Å². The first kappa shape index (κ1) is 8.95. The average Bonchev–Trinajstić information content (AvgIpc) is 2.52. The van der Waals surface area contributed by atoms with Crippen LogP contribution in [0.15, 0.2) is 11.6 Å². The van der Waals surface area contributed by atoms with Crippen LogP contribution in [0.4, 0.5) is 0 Å². The molecule has 1 N–H and O–H groups in total. The molecule has 13 heavy (non-hydrogen) atoms. The molecule has 2 heteroatoms. The zero-order chi connectivity index (χ0) is 9.31. The Morgan fingerprint density at radius 2 is 2.00 bits per heavy atom. The van der Waals surface area contributed by atoms with E-state index in [2.05, 4.69) is 12.2 Å². The van der Waals surface area contributed by atoms with Gasteiger partial charge in [0.25, 0.3) is 0 Å². The Labute approximate surface area is 79.4 Å². The Hall–Kier alpha value is -0.630. The maximum atomic E-state index is 11.8. The molecule has 0 aromatic rings. The van der Waals surface area contributed by atoms with Gasteiger partial charge in [-0.1, -0.05) is 5.57 Å². The smallest absolute Gasteiger partial charge is 0.164 e. The van der Waals surface area contributed by atoms with Crippen molar-refractivity contribution in [2.75, 3.05) is 13.1 Å². The predicted molar refractivity (Wildman–Crippen MR) is 52.5 cm³/mol. The van der Waals surface area contributed by atoms with Crippen LogP contribution in [0.25, 0.3) is 0 Å². The fourth-order valence-corrected chi connectivity index (χ4v) is 2.01. The van der Waals surface area contributed by atoms with Gasteiger partial charge in [0.1, 0.15) is 0 Å². The van der Waals surface area contributed by atoms with Crippen molar-refractivity contribution < 1.29 is 4.79 Å². The van der Waals surface area contributed by atoms with Gasteiger partial charge in [-0.15, -0.1) is 0 Å². The van der Waals surface area contributed by atoms with Crippen LogP contribution in [-0.2, 0) is 4.79 Å². The van der Waals surface area contributed by atoms with Crippen LogP contribution < -0.4 is 5.32 Å². The van der Waals surface area contributed by atoms with Gasteiger partial charge in [-0.25, -0.2) is 0 Å². The first-order valence-electron chi connectivity index (χ1n) is 5.15. The molecule has 0 radical (unpaired) electrons. The van der Waals surface area contributed by atoms with E-state index < -0.39 is 0 Å². The summed E-state index contributed by atoms with van der Waals surface area (Å²) < 4.78 is 0. The van der Waals surface area contributed by atoms with Crippen molar-refractivity contribution in [2.45, 2.75) is 32.6 Å². The average molecular weight is 179 g/mol. The summed E-state index contributed by atoms with van der Waals surface area (Å²) in [4.78, 5) is 11.8. The van der Waals surface area contributed by atoms with Crippen molar-refractivity contribution in [3.63, 3.8) is 0 Å². The van der Waals surface area contributed by atoms with Gasteiger partial charge in [0.05, 0.1) is 5.41 Å². The summed E-state index contributed by atoms with van der Waals surface area (Å²) >= 11 is 0. The standard InChI is InChI=1S/C11H17NO/c1-11(7-12-8-11)10(13)6-9-4-2-3-5-9/h6,12H,2-5,7-8H2,1H3. The fraction of sp³-hybridized carbons (Fsp3) is 0.727. The molecule has 1 saturated carbocycles. The molecule has 0 aromatic heterocycles. The number of ketones is 1. The van der Waals surface area contributed by atoms with Crippen LogP contribution in [0.5, 0.6) is 0 Å². The Morgan fingerprint density at radius 3 is 2.46 bits per heavy atom. The Balaban J connectivity index is 2.00. The molecule has 1 heterocycles. The van der Waals surface area contributed by atoms with E-state index in [9.17, 15) is 4.79 Å². The second kappa shape index (κ2) is 3.26. The molecular formula is C11H17NO. The van der Waals surface area contributed by atoms with E-state index >= 15 is 0 Å². The summed E-state index contributed by atoms with van der Waals surface area (Å²) in [5, 5.41) is 3.16. The lowest BCUT2D eigenvalue weighted by Gasteiger charge is -2.36. The zero-order valence-electron chi connectivity index (χ0n) is 8.23. The van der Waals surface area contributed by atoms with E-state index in [0.717, 1.165) is 25.9 Å². The predicted octanol–water partition coefficient (Wildman–Crippen LogP) is 1.67. The number of carbonyl (C=O) groups excluding carboxylic acids is 1. The fourth-order valence-electron chi connectivity index (χ4n) is 2.01. The summed E-state index contributed by atoms with van der Waals surface area (Å²) in [6.07, 6.45) is 6.75. The first-order valence-corrected chi connectivity index (χ1v) is 5.15. The number of rotatable bonds is 2. The second-order valence-electron chi connectivity index (χ2n) is 4.54. The van der Waals surface area contributed by atoms with Gasteiger partial charge in [-0.3, -0.25) is 4.79 Å². The topological polar surface area (TPSA) is 29.1 Å². The molecule has 1 aliphatic carbocycles. The third-order valence-corrected chi connectivity index (χ3v) is 3.21. The first-order chi connectivity index (χ1) is 6.21. The molecule has 2 aliphatic rings. The molecule has 0 unspecified atom stereocenters. The highest BCUT2D eigenvalue weighted by Gasteiger charge is 2.37.